The average Bonchev–Trinajstić information content (AvgIpc) is 3.81. The van der Waals surface area contributed by atoms with Gasteiger partial charge >= 0.3 is 0 Å². The highest BCUT2D eigenvalue weighted by Gasteiger charge is 2.26. The van der Waals surface area contributed by atoms with E-state index in [1.165, 1.54) is 104 Å². The van der Waals surface area contributed by atoms with Gasteiger partial charge in [-0.1, -0.05) is 152 Å². The Morgan fingerprint density at radius 2 is 0.839 bits per heavy atom. The quantitative estimate of drug-likeness (QED) is 0.161. The van der Waals surface area contributed by atoms with Crippen molar-refractivity contribution < 1.29 is 0 Å². The number of allylic oxidation sites excluding steroid dienone is 4. The highest BCUT2D eigenvalue weighted by atomic mass is 15.0. The Morgan fingerprint density at radius 1 is 0.339 bits per heavy atom. The Hall–Kier alpha value is -7.16. The van der Waals surface area contributed by atoms with Crippen LogP contribution in [-0.4, -0.2) is 9.13 Å². The molecule has 12 rings (SSSR count). The predicted molar refractivity (Wildman–Crippen MR) is 240 cm³/mol. The van der Waals surface area contributed by atoms with E-state index in [4.69, 9.17) is 0 Å². The lowest BCUT2D eigenvalue weighted by molar-refractivity contribution is 1.02. The van der Waals surface area contributed by atoms with Crippen molar-refractivity contribution in [3.05, 3.63) is 194 Å². The van der Waals surface area contributed by atoms with Gasteiger partial charge in [-0.15, -0.1) is 0 Å². The number of hydrogen-bond donors (Lipinski definition) is 0. The Bertz CT molecular complexity index is 3430. The van der Waals surface area contributed by atoms with Crippen LogP contribution >= 0.6 is 0 Å². The summed E-state index contributed by atoms with van der Waals surface area (Å²) in [4.78, 5) is 0. The molecule has 0 saturated heterocycles. The molecule has 2 heteroatoms. The maximum absolute atomic E-state index is 2.58. The molecule has 2 heterocycles. The van der Waals surface area contributed by atoms with Crippen molar-refractivity contribution in [1.82, 2.24) is 9.13 Å². The minimum Gasteiger partial charge on any atom is -0.309 e. The molecule has 56 heavy (non-hydrogen) atoms. The molecule has 2 aromatic heterocycles. The van der Waals surface area contributed by atoms with Crippen LogP contribution in [0.25, 0.3) is 110 Å². The highest BCUT2D eigenvalue weighted by molar-refractivity contribution is 6.45. The van der Waals surface area contributed by atoms with Gasteiger partial charge in [0, 0.05) is 49.1 Å². The standard InChI is InChI=1S/C54H36N2/c1-5-17-35(18-6-1)37-29-31-47-45(33-37)49-41-25-13-14-26-42(41)50-51(54(49)56(47)40-23-11-4-12-24-40)43-27-15-16-28-44(43)53-52(50)46-34-38(36-19-7-2-8-20-36)30-32-48(46)55(53)39-21-9-3-10-22-39/h1-3,5-11,13-34H,4,12H2. The Morgan fingerprint density at radius 3 is 1.45 bits per heavy atom. The van der Waals surface area contributed by atoms with Crippen molar-refractivity contribution in [3.8, 4) is 27.9 Å². The second kappa shape index (κ2) is 12.2. The fraction of sp³-hybridized carbons (Fsp3) is 0.0370. The van der Waals surface area contributed by atoms with E-state index >= 15 is 0 Å². The van der Waals surface area contributed by atoms with E-state index in [1.807, 2.05) is 0 Å². The maximum atomic E-state index is 2.58. The third kappa shape index (κ3) is 4.44. The third-order valence-corrected chi connectivity index (χ3v) is 12.1. The van der Waals surface area contributed by atoms with Crippen LogP contribution in [0.3, 0.4) is 0 Å². The van der Waals surface area contributed by atoms with E-state index in [2.05, 4.69) is 203 Å². The first kappa shape index (κ1) is 31.2. The van der Waals surface area contributed by atoms with Gasteiger partial charge < -0.3 is 9.13 Å². The molecule has 0 bridgehead atoms. The molecule has 1 aliphatic rings. The predicted octanol–water partition coefficient (Wildman–Crippen LogP) is 14.9. The smallest absolute Gasteiger partial charge is 0.0632 e. The van der Waals surface area contributed by atoms with Gasteiger partial charge in [0.15, 0.2) is 0 Å². The van der Waals surface area contributed by atoms with Gasteiger partial charge in [0.25, 0.3) is 0 Å². The number of rotatable bonds is 4. The van der Waals surface area contributed by atoms with E-state index in [1.54, 1.807) is 0 Å². The lowest BCUT2D eigenvalue weighted by atomic mass is 9.89. The van der Waals surface area contributed by atoms with Crippen molar-refractivity contribution in [2.24, 2.45) is 0 Å². The van der Waals surface area contributed by atoms with Crippen molar-refractivity contribution in [2.75, 3.05) is 0 Å². The summed E-state index contributed by atoms with van der Waals surface area (Å²) in [5.41, 5.74) is 12.3. The normalized spacial score (nSPS) is 13.2. The Balaban J connectivity index is 1.38. The van der Waals surface area contributed by atoms with Gasteiger partial charge in [-0.25, -0.2) is 0 Å². The molecule has 0 amide bonds. The van der Waals surface area contributed by atoms with Crippen LogP contribution < -0.4 is 0 Å². The van der Waals surface area contributed by atoms with Crippen LogP contribution in [0.2, 0.25) is 0 Å². The van der Waals surface area contributed by atoms with Gasteiger partial charge in [0.05, 0.1) is 22.1 Å². The van der Waals surface area contributed by atoms with Gasteiger partial charge in [-0.05, 0) is 93.7 Å². The van der Waals surface area contributed by atoms with Crippen molar-refractivity contribution in [1.29, 1.82) is 0 Å². The molecule has 1 aliphatic carbocycles. The summed E-state index contributed by atoms with van der Waals surface area (Å²) in [5, 5.41) is 12.8. The summed E-state index contributed by atoms with van der Waals surface area (Å²) >= 11 is 0. The summed E-state index contributed by atoms with van der Waals surface area (Å²) in [6.45, 7) is 0. The molecule has 9 aromatic carbocycles. The molecule has 2 nitrogen and oxygen atoms in total. The van der Waals surface area contributed by atoms with Gasteiger partial charge in [-0.3, -0.25) is 0 Å². The molecule has 0 N–H and O–H groups in total. The largest absolute Gasteiger partial charge is 0.309 e. The Labute approximate surface area is 324 Å². The molecule has 0 atom stereocenters. The molecular formula is C54H36N2. The molecule has 262 valence electrons. The summed E-state index contributed by atoms with van der Waals surface area (Å²) in [6, 6.07) is 65.0. The molecule has 0 aliphatic heterocycles. The fourth-order valence-corrected chi connectivity index (χ4v) is 9.70. The second-order valence-corrected chi connectivity index (χ2v) is 15.1. The second-order valence-electron chi connectivity index (χ2n) is 15.1. The molecule has 0 unspecified atom stereocenters. The van der Waals surface area contributed by atoms with E-state index < -0.39 is 0 Å². The zero-order chi connectivity index (χ0) is 36.7. The summed E-state index contributed by atoms with van der Waals surface area (Å²) in [7, 11) is 0. The Kier molecular flexibility index (Phi) is 6.79. The fourth-order valence-electron chi connectivity index (χ4n) is 9.70. The topological polar surface area (TPSA) is 9.86 Å². The van der Waals surface area contributed by atoms with Crippen LogP contribution in [-0.2, 0) is 0 Å². The van der Waals surface area contributed by atoms with Gasteiger partial charge in [-0.2, -0.15) is 0 Å². The van der Waals surface area contributed by atoms with E-state index in [0.717, 1.165) is 18.5 Å². The first-order valence-corrected chi connectivity index (χ1v) is 19.7. The molecule has 0 radical (unpaired) electrons. The lowest BCUT2D eigenvalue weighted by Crippen LogP contribution is -1.99. The number of aromatic nitrogens is 2. The minimum atomic E-state index is 1.03. The van der Waals surface area contributed by atoms with Crippen LogP contribution in [0.1, 0.15) is 12.8 Å². The van der Waals surface area contributed by atoms with Crippen molar-refractivity contribution >= 4 is 81.6 Å². The van der Waals surface area contributed by atoms with Crippen molar-refractivity contribution in [2.45, 2.75) is 12.8 Å². The average molecular weight is 713 g/mol. The minimum absolute atomic E-state index is 1.03. The maximum Gasteiger partial charge on any atom is 0.0632 e. The van der Waals surface area contributed by atoms with Crippen LogP contribution in [0.5, 0.6) is 0 Å². The molecule has 11 aromatic rings. The molecule has 0 fully saturated rings. The van der Waals surface area contributed by atoms with Gasteiger partial charge in [0.1, 0.15) is 0 Å². The zero-order valence-electron chi connectivity index (χ0n) is 30.8. The van der Waals surface area contributed by atoms with Crippen molar-refractivity contribution in [3.63, 3.8) is 0 Å². The molecule has 0 saturated carbocycles. The zero-order valence-corrected chi connectivity index (χ0v) is 30.8. The molecule has 0 spiro atoms. The van der Waals surface area contributed by atoms with Gasteiger partial charge in [0.2, 0.25) is 0 Å². The number of hydrogen-bond acceptors (Lipinski definition) is 0. The number of para-hydroxylation sites is 1. The monoisotopic (exact) mass is 712 g/mol. The van der Waals surface area contributed by atoms with E-state index in [0.29, 0.717) is 0 Å². The van der Waals surface area contributed by atoms with Crippen LogP contribution in [0.15, 0.2) is 194 Å². The first-order valence-electron chi connectivity index (χ1n) is 19.7. The first-order chi connectivity index (χ1) is 27.8. The van der Waals surface area contributed by atoms with E-state index in [-0.39, 0.29) is 0 Å². The van der Waals surface area contributed by atoms with Crippen LogP contribution in [0, 0.1) is 0 Å². The summed E-state index contributed by atoms with van der Waals surface area (Å²) in [5.74, 6) is 0. The molecular weight excluding hydrogens is 677 g/mol. The third-order valence-electron chi connectivity index (χ3n) is 12.1. The lowest BCUT2D eigenvalue weighted by Gasteiger charge is -2.18. The number of nitrogens with zero attached hydrogens (tertiary/aromatic N) is 2. The number of fused-ring (bicyclic) bond motifs is 15. The highest BCUT2D eigenvalue weighted by Crippen LogP contribution is 2.51. The van der Waals surface area contributed by atoms with Crippen LogP contribution in [0.4, 0.5) is 0 Å². The summed E-state index contributed by atoms with van der Waals surface area (Å²) in [6.07, 6.45) is 9.19. The SMILES string of the molecule is C1=CC(n2c3ccc(-c4ccccc4)cc3c3c4ccccc4c4c(c5ccccc5c5c4c4cc(-c6ccccc6)ccc4n5-c4ccccc4)c32)=CCC1. The van der Waals surface area contributed by atoms with E-state index in [9.17, 15) is 0 Å². The number of benzene rings is 9. The summed E-state index contributed by atoms with van der Waals surface area (Å²) < 4.78 is 5.09.